The largest absolute Gasteiger partial charge is 0.496 e. The van der Waals surface area contributed by atoms with Crippen molar-refractivity contribution in [2.24, 2.45) is 0 Å². The summed E-state index contributed by atoms with van der Waals surface area (Å²) >= 11 is 7.01. The van der Waals surface area contributed by atoms with Gasteiger partial charge >= 0.3 is 0 Å². The second kappa shape index (κ2) is 8.98. The molecule has 0 amide bonds. The van der Waals surface area contributed by atoms with Gasteiger partial charge in [-0.1, -0.05) is 11.6 Å². The summed E-state index contributed by atoms with van der Waals surface area (Å²) in [5, 5.41) is 0.548. The first-order valence-corrected chi connectivity index (χ1v) is 9.67. The van der Waals surface area contributed by atoms with E-state index in [4.69, 9.17) is 25.8 Å². The number of methoxy groups -OCH3 is 3. The van der Waals surface area contributed by atoms with Gasteiger partial charge in [-0.3, -0.25) is 9.59 Å². The van der Waals surface area contributed by atoms with Gasteiger partial charge in [0.15, 0.2) is 17.3 Å². The second-order valence-electron chi connectivity index (χ2n) is 5.89. The number of rotatable bonds is 6. The van der Waals surface area contributed by atoms with Gasteiger partial charge in [-0.15, -0.1) is 11.3 Å². The van der Waals surface area contributed by atoms with E-state index in [0.29, 0.717) is 42.6 Å². The van der Waals surface area contributed by atoms with Crippen LogP contribution < -0.4 is 29.0 Å². The maximum atomic E-state index is 12.4. The van der Waals surface area contributed by atoms with E-state index >= 15 is 0 Å². The summed E-state index contributed by atoms with van der Waals surface area (Å²) in [6.45, 7) is 0. The van der Waals surface area contributed by atoms with Crippen molar-refractivity contribution >= 4 is 40.9 Å². The normalized spacial score (nSPS) is 12.1. The van der Waals surface area contributed by atoms with Crippen LogP contribution >= 0.6 is 22.9 Å². The van der Waals surface area contributed by atoms with Crippen molar-refractivity contribution in [1.29, 1.82) is 0 Å². The number of hydrogen-bond acceptors (Lipinski definition) is 6. The lowest BCUT2D eigenvalue weighted by Gasteiger charge is -2.11. The van der Waals surface area contributed by atoms with Crippen molar-refractivity contribution in [3.63, 3.8) is 0 Å². The number of carbonyl (C=O) groups excluding carboxylic acids is 1. The Bertz CT molecular complexity index is 1210. The van der Waals surface area contributed by atoms with Gasteiger partial charge < -0.3 is 19.2 Å². The average molecular weight is 432 g/mol. The predicted octanol–water partition coefficient (Wildman–Crippen LogP) is 2.61. The molecular weight excluding hydrogens is 414 g/mol. The molecule has 0 atom stereocenters. The van der Waals surface area contributed by atoms with E-state index in [2.05, 4.69) is 4.98 Å². The Morgan fingerprint density at radius 3 is 2.24 bits per heavy atom. The lowest BCUT2D eigenvalue weighted by atomic mass is 10.1. The number of hydrogen-bond donors (Lipinski definition) is 1. The van der Waals surface area contributed by atoms with E-state index in [0.717, 1.165) is 0 Å². The maximum Gasteiger partial charge on any atom is 0.266 e. The van der Waals surface area contributed by atoms with Crippen molar-refractivity contribution in [2.45, 2.75) is 0 Å². The van der Waals surface area contributed by atoms with E-state index in [9.17, 15) is 9.59 Å². The Kier molecular flexibility index (Phi) is 6.41. The van der Waals surface area contributed by atoms with E-state index in [1.54, 1.807) is 42.5 Å². The summed E-state index contributed by atoms with van der Waals surface area (Å²) in [7, 11) is 4.59. The number of thiazole rings is 1. The maximum absolute atomic E-state index is 12.4. The van der Waals surface area contributed by atoms with Crippen molar-refractivity contribution in [2.75, 3.05) is 21.3 Å². The van der Waals surface area contributed by atoms with E-state index < -0.39 is 0 Å². The molecule has 0 saturated heterocycles. The molecule has 0 aliphatic carbocycles. The van der Waals surface area contributed by atoms with Crippen LogP contribution in [0.25, 0.3) is 12.2 Å². The highest BCUT2D eigenvalue weighted by Crippen LogP contribution is 2.34. The standard InChI is InChI=1S/C21H18ClNO5S/c1-26-16-11-18(28-3)17(27-2)8-13(16)9-19-21(25)23-20(29-19)10-15(24)12-4-6-14(22)7-5-12/h4-11H,1-3H3,(H,23,25)/b19-9-,20-10-. The first kappa shape index (κ1) is 20.7. The van der Waals surface area contributed by atoms with E-state index in [-0.39, 0.29) is 11.3 Å². The average Bonchev–Trinajstić information content (AvgIpc) is 3.06. The molecule has 29 heavy (non-hydrogen) atoms. The highest BCUT2D eigenvalue weighted by atomic mass is 35.5. The van der Waals surface area contributed by atoms with Crippen molar-refractivity contribution in [3.8, 4) is 17.2 Å². The van der Waals surface area contributed by atoms with Gasteiger partial charge in [0.2, 0.25) is 0 Å². The number of aromatic nitrogens is 1. The Labute approximate surface area is 175 Å². The van der Waals surface area contributed by atoms with Crippen LogP contribution in [0.1, 0.15) is 15.9 Å². The molecule has 6 nitrogen and oxygen atoms in total. The molecule has 2 aromatic carbocycles. The number of ether oxygens (including phenoxy) is 3. The second-order valence-corrected chi connectivity index (χ2v) is 7.41. The van der Waals surface area contributed by atoms with Gasteiger partial charge in [-0.2, -0.15) is 0 Å². The van der Waals surface area contributed by atoms with Crippen LogP contribution in [-0.4, -0.2) is 32.1 Å². The fourth-order valence-electron chi connectivity index (χ4n) is 2.65. The molecule has 0 fully saturated rings. The van der Waals surface area contributed by atoms with Crippen LogP contribution in [0.2, 0.25) is 5.02 Å². The molecule has 3 aromatic rings. The number of halogens is 1. The molecule has 8 heteroatoms. The van der Waals surface area contributed by atoms with Gasteiger partial charge in [0.1, 0.15) is 5.75 Å². The minimum absolute atomic E-state index is 0.227. The van der Waals surface area contributed by atoms with Gasteiger partial charge in [0.25, 0.3) is 5.56 Å². The fraction of sp³-hybridized carbons (Fsp3) is 0.143. The number of benzene rings is 2. The third-order valence-electron chi connectivity index (χ3n) is 4.09. The summed E-state index contributed by atoms with van der Waals surface area (Å²) < 4.78 is 16.8. The molecule has 0 aliphatic heterocycles. The molecular formula is C21H18ClNO5S. The molecule has 0 bridgehead atoms. The molecule has 150 valence electrons. The van der Waals surface area contributed by atoms with Gasteiger partial charge in [-0.25, -0.2) is 0 Å². The third kappa shape index (κ3) is 4.70. The lowest BCUT2D eigenvalue weighted by Crippen LogP contribution is -2.20. The highest BCUT2D eigenvalue weighted by molar-refractivity contribution is 7.07. The fourth-order valence-corrected chi connectivity index (χ4v) is 3.65. The smallest absolute Gasteiger partial charge is 0.266 e. The SMILES string of the molecule is COc1cc(OC)c(OC)cc1/C=c1\s/c(=C\C(=O)c2ccc(Cl)cc2)[nH]c1=O. The van der Waals surface area contributed by atoms with Crippen LogP contribution in [0.4, 0.5) is 0 Å². The predicted molar refractivity (Wildman–Crippen MR) is 114 cm³/mol. The van der Waals surface area contributed by atoms with Crippen LogP contribution in [0.3, 0.4) is 0 Å². The van der Waals surface area contributed by atoms with Crippen LogP contribution in [0.15, 0.2) is 41.2 Å². The summed E-state index contributed by atoms with van der Waals surface area (Å²) in [4.78, 5) is 27.4. The van der Waals surface area contributed by atoms with Gasteiger partial charge in [0.05, 0.1) is 30.5 Å². The molecule has 1 aromatic heterocycles. The van der Waals surface area contributed by atoms with E-state index in [1.165, 1.54) is 38.7 Å². The Hall–Kier alpha value is -3.03. The zero-order chi connectivity index (χ0) is 21.0. The number of ketones is 1. The monoisotopic (exact) mass is 431 g/mol. The zero-order valence-corrected chi connectivity index (χ0v) is 17.5. The van der Waals surface area contributed by atoms with Crippen LogP contribution in [0, 0.1) is 0 Å². The first-order chi connectivity index (χ1) is 13.9. The van der Waals surface area contributed by atoms with Crippen LogP contribution in [-0.2, 0) is 0 Å². The topological polar surface area (TPSA) is 77.6 Å². The van der Waals surface area contributed by atoms with Crippen molar-refractivity contribution in [1.82, 2.24) is 4.98 Å². The minimum Gasteiger partial charge on any atom is -0.496 e. The molecule has 0 saturated carbocycles. The molecule has 0 aliphatic rings. The molecule has 1 N–H and O–H groups in total. The molecule has 0 unspecified atom stereocenters. The summed E-state index contributed by atoms with van der Waals surface area (Å²) in [5.41, 5.74) is 0.825. The summed E-state index contributed by atoms with van der Waals surface area (Å²) in [6, 6.07) is 9.95. The summed E-state index contributed by atoms with van der Waals surface area (Å²) in [5.74, 6) is 1.33. The molecule has 0 spiro atoms. The van der Waals surface area contributed by atoms with Gasteiger partial charge in [0, 0.05) is 28.3 Å². The van der Waals surface area contributed by atoms with Crippen molar-refractivity contribution < 1.29 is 19.0 Å². The number of nitrogens with one attached hydrogen (secondary N) is 1. The number of H-pyrrole nitrogens is 1. The minimum atomic E-state index is -0.304. The lowest BCUT2D eigenvalue weighted by molar-refractivity contribution is 0.106. The highest BCUT2D eigenvalue weighted by Gasteiger charge is 2.11. The quantitative estimate of drug-likeness (QED) is 0.607. The molecule has 1 heterocycles. The first-order valence-electron chi connectivity index (χ1n) is 8.47. The number of Topliss-reactive ketones (excluding diaryl/α,β-unsaturated/α-hetero) is 1. The van der Waals surface area contributed by atoms with Gasteiger partial charge in [-0.05, 0) is 36.4 Å². The van der Waals surface area contributed by atoms with E-state index in [1.807, 2.05) is 0 Å². The Morgan fingerprint density at radius 1 is 1.00 bits per heavy atom. The Balaban J connectivity index is 2.04. The number of carbonyl (C=O) groups is 1. The Morgan fingerprint density at radius 2 is 1.62 bits per heavy atom. The van der Waals surface area contributed by atoms with Crippen LogP contribution in [0.5, 0.6) is 17.2 Å². The van der Waals surface area contributed by atoms with Crippen molar-refractivity contribution in [3.05, 3.63) is 72.1 Å². The third-order valence-corrected chi connectivity index (χ3v) is 5.31. The summed E-state index contributed by atoms with van der Waals surface area (Å²) in [6.07, 6.45) is 3.06. The molecule has 3 rings (SSSR count). The number of aromatic amines is 1. The molecule has 0 radical (unpaired) electrons. The zero-order valence-electron chi connectivity index (χ0n) is 15.9.